The van der Waals surface area contributed by atoms with Crippen molar-refractivity contribution in [2.45, 2.75) is 92.0 Å². The molecule has 19 unspecified atom stereocenters. The summed E-state index contributed by atoms with van der Waals surface area (Å²) >= 11 is 0. The van der Waals surface area contributed by atoms with E-state index in [9.17, 15) is 5.11 Å². The number of aliphatic hydroxyl groups is 1. The molecule has 0 aromatic heterocycles. The maximum atomic E-state index is 9.95. The first-order valence-electron chi connectivity index (χ1n) is 22.8. The number of ether oxygens (including phenoxy) is 4. The van der Waals surface area contributed by atoms with Crippen molar-refractivity contribution < 1.29 is 28.5 Å². The van der Waals surface area contributed by atoms with Crippen LogP contribution in [-0.2, 0) is 27.1 Å². The molecule has 0 radical (unpaired) electrons. The Labute approximate surface area is 517 Å². The summed E-state index contributed by atoms with van der Waals surface area (Å²) in [5.41, 5.74) is 4.35. The summed E-state index contributed by atoms with van der Waals surface area (Å²) in [4.78, 5) is 0. The molecule has 0 saturated heterocycles. The predicted octanol–water partition coefficient (Wildman–Crippen LogP) is 25.9. The minimum Gasteiger partial charge on any atom is -0.497 e. The van der Waals surface area contributed by atoms with Crippen LogP contribution in [0.15, 0.2) is 97.1 Å². The Hall–Kier alpha value is 9.53. The zero-order valence-corrected chi connectivity index (χ0v) is 77.3. The van der Waals surface area contributed by atoms with Crippen LogP contribution in [-0.4, -0.2) is 53.1 Å². The first-order valence-corrected chi connectivity index (χ1v) is 76.8. The minimum absolute atomic E-state index is 0.0489. The first-order chi connectivity index (χ1) is 35.2. The fourth-order valence-corrected chi connectivity index (χ4v) is 310. The topological polar surface area (TPSA) is 66.4 Å². The number of rotatable bonds is 29. The van der Waals surface area contributed by atoms with E-state index >= 15 is 0 Å². The second kappa shape index (κ2) is 49.2. The van der Waals surface area contributed by atoms with E-state index in [0.717, 1.165) is 36.2 Å². The summed E-state index contributed by atoms with van der Waals surface area (Å²) < 4.78 is 28.4. The lowest BCUT2D eigenvalue weighted by Gasteiger charge is -2.41. The first kappa shape index (κ1) is 87.6. The molecule has 440 valence electrons. The van der Waals surface area contributed by atoms with Gasteiger partial charge in [-0.2, -0.15) is 0 Å². The summed E-state index contributed by atoms with van der Waals surface area (Å²) in [6, 6.07) is 15.7. The number of hydrogen-bond donors (Lipinski definition) is 1. The van der Waals surface area contributed by atoms with E-state index in [-0.39, 0.29) is 107 Å². The molecule has 1 N–H and O–H groups in total. The maximum Gasteiger partial charge on any atom is 0.192 e. The van der Waals surface area contributed by atoms with E-state index in [1.807, 2.05) is 74.5 Å². The molecule has 0 amide bonds. The van der Waals surface area contributed by atoms with E-state index in [2.05, 4.69) is 210 Å². The van der Waals surface area contributed by atoms with Crippen LogP contribution in [0.25, 0.3) is 0 Å². The number of methoxy groups -OCH3 is 2. The van der Waals surface area contributed by atoms with Gasteiger partial charge in [0.05, 0.1) is 52.9 Å². The quantitative estimate of drug-likeness (QED) is 0.0379. The van der Waals surface area contributed by atoms with Crippen LogP contribution in [0, 0.1) is 11.8 Å². The molecule has 0 aliphatic heterocycles. The van der Waals surface area contributed by atoms with Gasteiger partial charge in [-0.15, -0.1) is 156 Å². The average Bonchev–Trinajstić information content (AvgIpc) is 3.35. The molecule has 0 spiro atoms. The van der Waals surface area contributed by atoms with Crippen LogP contribution in [0.2, 0.25) is 18.1 Å². The van der Waals surface area contributed by atoms with Crippen molar-refractivity contribution in [3.63, 3.8) is 0 Å². The third-order valence-electron chi connectivity index (χ3n) is 10.9. The molecule has 0 saturated carbocycles. The fraction of sp³-hybridized carbons (Fsp3) is 0.500. The molecular weight excluding hydrogens is 1500 g/mol. The van der Waals surface area contributed by atoms with E-state index in [0.29, 0.717) is 26.4 Å². The van der Waals surface area contributed by atoms with E-state index in [1.54, 1.807) is 20.3 Å². The van der Waals surface area contributed by atoms with Gasteiger partial charge < -0.3 is 28.5 Å². The lowest BCUT2D eigenvalue weighted by atomic mass is 9.98. The van der Waals surface area contributed by atoms with Crippen molar-refractivity contribution in [3.05, 3.63) is 108 Å². The molecule has 0 heterocycles. The smallest absolute Gasteiger partial charge is 0.192 e. The van der Waals surface area contributed by atoms with Crippen LogP contribution >= 0.6 is 235 Å². The normalized spacial score (nSPS) is 15.2. The van der Waals surface area contributed by atoms with Gasteiger partial charge in [-0.25, -0.2) is 0 Å². The van der Waals surface area contributed by atoms with Gasteiger partial charge >= 0.3 is 0 Å². The molecule has 0 aliphatic rings. The molecule has 36 heteroatoms. The monoisotopic (exact) mass is 1600 g/mol. The Bertz CT molecular complexity index is 1870. The van der Waals surface area contributed by atoms with Crippen molar-refractivity contribution in [2.24, 2.45) is 11.8 Å². The van der Waals surface area contributed by atoms with Crippen molar-refractivity contribution >= 4 is 243 Å². The largest absolute Gasteiger partial charge is 0.497 e. The zero-order chi connectivity index (χ0) is 59.3. The van der Waals surface area contributed by atoms with Gasteiger partial charge in [0.15, 0.2) is 8.32 Å². The molecule has 2 aromatic rings. The highest BCUT2D eigenvalue weighted by atomic mass is 33.3. The number of hydrogen-bond acceptors (Lipinski definition) is 6. The van der Waals surface area contributed by atoms with E-state index < -0.39 is 14.4 Å². The summed E-state index contributed by atoms with van der Waals surface area (Å²) in [6.07, 6.45) is 7.34. The summed E-state index contributed by atoms with van der Waals surface area (Å²) in [7, 11) is 51.4. The standard InChI is InChI=1S/C23H38O3Si.C17H24O3.H17P15.H16P14/c1-10-18(2)22(26-27(8,9)23(4,5)6)19(3)15-16-25-17-20-11-13-21(24-7)14-12-20;1-5-13(2)17(18)14(3)10-11-20-12-15-6-8-16(19-4)9-7-15;1-9-13(8)15(12(6)7)14(10(2)3)11(4)5;1-9(2)13(10(3)4)14(11(5)6)12(7)8/h10-15,18,22H,1,16-17H2,2-9H3;5-10,13,17-18H,1,11-12H2,2-4H3;9H,1-8H2;1-8H2/b19-15+;14-10+;;/t18-,22+;13-,17-;;/m00../s1. The Morgan fingerprint density at radius 1 is 0.579 bits per heavy atom. The van der Waals surface area contributed by atoms with Crippen molar-refractivity contribution in [1.82, 2.24) is 0 Å². The van der Waals surface area contributed by atoms with Gasteiger partial charge in [0, 0.05) is 11.8 Å². The molecular formula is C40H95O6P29Si. The minimum atomic E-state index is -1.86. The van der Waals surface area contributed by atoms with Crippen LogP contribution in [0.5, 0.6) is 11.5 Å². The molecule has 0 aliphatic carbocycles. The van der Waals surface area contributed by atoms with Crippen LogP contribution in [0.3, 0.4) is 0 Å². The SMILES string of the molecule is C=C[C@H](C)[C@@H](O[Si](C)(C)C(C)(C)C)/C(C)=C/COCc1ccc(OC)cc1.C=C[C@H](C)[C@H](O)/C(C)=C/COCc1ccc(OC)cc1.PP(P)P(P(P)P)P(P(P)P)P(P)P.PPP(P)P(P(P)P)P(P(P)P)P(P)P. The van der Waals surface area contributed by atoms with Gasteiger partial charge in [-0.3, -0.25) is 0 Å². The number of aliphatic hydroxyl groups excluding tert-OH is 1. The summed E-state index contributed by atoms with van der Waals surface area (Å²) in [5.74, 6) is 2.01. The third-order valence-corrected chi connectivity index (χ3v) is 183. The van der Waals surface area contributed by atoms with Crippen LogP contribution < -0.4 is 9.47 Å². The lowest BCUT2D eigenvalue weighted by molar-refractivity contribution is 0.142. The molecule has 0 bridgehead atoms. The fourth-order valence-electron chi connectivity index (χ4n) is 5.44. The van der Waals surface area contributed by atoms with E-state index in [1.165, 1.54) is 5.57 Å². The molecule has 76 heavy (non-hydrogen) atoms. The molecule has 2 rings (SSSR count). The lowest BCUT2D eigenvalue weighted by Crippen LogP contribution is -2.45. The van der Waals surface area contributed by atoms with Crippen molar-refractivity contribution in [2.75, 3.05) is 27.4 Å². The second-order valence-electron chi connectivity index (χ2n) is 17.8. The number of benzene rings is 2. The summed E-state index contributed by atoms with van der Waals surface area (Å²) in [6.45, 7) is 31.0. The van der Waals surface area contributed by atoms with Crippen LogP contribution in [0.1, 0.15) is 59.6 Å². The molecule has 23 atom stereocenters. The Morgan fingerprint density at radius 3 is 1.17 bits per heavy atom. The third kappa shape index (κ3) is 37.3. The molecule has 0 fully saturated rings. The van der Waals surface area contributed by atoms with Gasteiger partial charge in [-0.05, 0) is 162 Å². The Kier molecular flexibility index (Phi) is 56.7. The Balaban J connectivity index is 0. The average molecular weight is 1600 g/mol. The highest BCUT2D eigenvalue weighted by molar-refractivity contribution is 9.29. The molecule has 6 nitrogen and oxygen atoms in total. The Morgan fingerprint density at radius 2 is 0.895 bits per heavy atom. The predicted molar refractivity (Wildman–Crippen MR) is 446 cm³/mol. The van der Waals surface area contributed by atoms with Crippen molar-refractivity contribution in [3.8, 4) is 11.5 Å². The van der Waals surface area contributed by atoms with E-state index in [4.69, 9.17) is 23.4 Å². The van der Waals surface area contributed by atoms with Gasteiger partial charge in [0.1, 0.15) is 11.5 Å². The highest BCUT2D eigenvalue weighted by Crippen LogP contribution is 3.23. The van der Waals surface area contributed by atoms with Gasteiger partial charge in [-0.1, -0.05) is 91.1 Å². The second-order valence-corrected chi connectivity index (χ2v) is 132. The maximum absolute atomic E-state index is 9.95. The van der Waals surface area contributed by atoms with Gasteiger partial charge in [0.25, 0.3) is 0 Å². The van der Waals surface area contributed by atoms with Crippen molar-refractivity contribution in [1.29, 1.82) is 0 Å². The highest BCUT2D eigenvalue weighted by Gasteiger charge is 2.40. The van der Waals surface area contributed by atoms with Gasteiger partial charge in [0.2, 0.25) is 0 Å². The summed E-state index contributed by atoms with van der Waals surface area (Å²) in [5, 5.41) is 10.1. The van der Waals surface area contributed by atoms with Crippen LogP contribution in [0.4, 0.5) is 0 Å². The molecule has 2 aromatic carbocycles. The zero-order valence-electron chi connectivity index (χ0n) is 46.1.